The van der Waals surface area contributed by atoms with Crippen LogP contribution in [0.2, 0.25) is 0 Å². The summed E-state index contributed by atoms with van der Waals surface area (Å²) in [5.41, 5.74) is 2.08. The van der Waals surface area contributed by atoms with Crippen molar-refractivity contribution in [2.45, 2.75) is 51.3 Å². The van der Waals surface area contributed by atoms with Crippen LogP contribution in [0.3, 0.4) is 0 Å². The lowest BCUT2D eigenvalue weighted by Crippen LogP contribution is -2.18. The van der Waals surface area contributed by atoms with Gasteiger partial charge in [-0.15, -0.1) is 0 Å². The summed E-state index contributed by atoms with van der Waals surface area (Å²) in [7, 11) is -2.75. The Morgan fingerprint density at radius 2 is 1.49 bits per heavy atom. The number of hydrogen-bond acceptors (Lipinski definition) is 11. The number of carbonyl (C=O) groups is 1. The van der Waals surface area contributed by atoms with E-state index in [1.807, 2.05) is 20.8 Å². The summed E-state index contributed by atoms with van der Waals surface area (Å²) in [5, 5.41) is 2.70. The first-order valence-corrected chi connectivity index (χ1v) is 16.8. The number of carbonyl (C=O) groups excluding carboxylic acids is 1. The zero-order valence-electron chi connectivity index (χ0n) is 28.0. The minimum atomic E-state index is -4.23. The number of benzene rings is 2. The molecule has 0 aliphatic rings. The molecule has 0 saturated carbocycles. The van der Waals surface area contributed by atoms with Crippen molar-refractivity contribution in [2.24, 2.45) is 0 Å². The fraction of sp³-hybridized carbons (Fsp3) is 0.257. The highest BCUT2D eigenvalue weighted by Crippen LogP contribution is 2.41. The lowest BCUT2D eigenvalue weighted by atomic mass is 9.87. The highest BCUT2D eigenvalue weighted by atomic mass is 32.2. The molecule has 0 unspecified atom stereocenters. The Morgan fingerprint density at radius 3 is 2.12 bits per heavy atom. The van der Waals surface area contributed by atoms with E-state index in [-0.39, 0.29) is 64.1 Å². The summed E-state index contributed by atoms with van der Waals surface area (Å²) in [6.07, 6.45) is 1.47. The van der Waals surface area contributed by atoms with E-state index in [9.17, 15) is 13.2 Å². The molecule has 3 heterocycles. The van der Waals surface area contributed by atoms with Gasteiger partial charge in [-0.25, -0.2) is 28.4 Å². The van der Waals surface area contributed by atoms with Gasteiger partial charge < -0.3 is 19.5 Å². The van der Waals surface area contributed by atoms with Crippen LogP contribution in [0.15, 0.2) is 83.9 Å². The van der Waals surface area contributed by atoms with Crippen molar-refractivity contribution in [1.29, 1.82) is 0 Å². The van der Waals surface area contributed by atoms with Gasteiger partial charge in [0.1, 0.15) is 5.82 Å². The van der Waals surface area contributed by atoms with E-state index >= 15 is 0 Å². The van der Waals surface area contributed by atoms with Crippen LogP contribution in [0.4, 0.5) is 11.6 Å². The zero-order valence-corrected chi connectivity index (χ0v) is 28.8. The molecule has 0 atom stereocenters. The summed E-state index contributed by atoms with van der Waals surface area (Å²) in [6, 6.07) is 20.3. The average Bonchev–Trinajstić information content (AvgIpc) is 3.05. The van der Waals surface area contributed by atoms with Gasteiger partial charge in [0.15, 0.2) is 23.1 Å². The summed E-state index contributed by atoms with van der Waals surface area (Å²) in [5.74, 6) is 0.137. The monoisotopic (exact) mass is 683 g/mol. The first-order chi connectivity index (χ1) is 23.3. The van der Waals surface area contributed by atoms with Crippen molar-refractivity contribution >= 4 is 27.6 Å². The molecule has 0 saturated heterocycles. The SMILES string of the molecule is COc1ccccc1Oc1c(NS(=O)(=O)c2ccc(C(C)(C)C)cc2)nc(-c2nc(C)cc(C)n2)nc1OCCC(=O)Nc1ccccn1. The van der Waals surface area contributed by atoms with E-state index in [2.05, 4.69) is 35.0 Å². The first kappa shape index (κ1) is 34.7. The fourth-order valence-electron chi connectivity index (χ4n) is 4.63. The Morgan fingerprint density at radius 1 is 0.837 bits per heavy atom. The quantitative estimate of drug-likeness (QED) is 0.152. The van der Waals surface area contributed by atoms with E-state index in [4.69, 9.17) is 14.2 Å². The van der Waals surface area contributed by atoms with Gasteiger partial charge in [0.05, 0.1) is 25.0 Å². The molecule has 0 radical (unpaired) electrons. The van der Waals surface area contributed by atoms with Gasteiger partial charge in [-0.2, -0.15) is 4.98 Å². The number of methoxy groups -OCH3 is 1. The Labute approximate surface area is 285 Å². The third-order valence-electron chi connectivity index (χ3n) is 7.06. The molecule has 14 heteroatoms. The van der Waals surface area contributed by atoms with Crippen molar-refractivity contribution in [3.8, 4) is 34.8 Å². The van der Waals surface area contributed by atoms with Crippen LogP contribution in [0.5, 0.6) is 23.1 Å². The maximum Gasteiger partial charge on any atom is 0.263 e. The van der Waals surface area contributed by atoms with Crippen LogP contribution in [0, 0.1) is 13.8 Å². The molecule has 0 spiro atoms. The number of ether oxygens (including phenoxy) is 3. The number of para-hydroxylation sites is 2. The molecule has 0 aliphatic carbocycles. The molecule has 254 valence electrons. The molecule has 2 N–H and O–H groups in total. The molecule has 0 aliphatic heterocycles. The standard InChI is InChI=1S/C35H37N7O6S/c1-22-21-23(2)38-32(37-22)33-40-31(42-49(44,45)25-16-14-24(15-17-25)35(3,4)5)30(48-27-12-8-7-11-26(27)46-6)34(41-33)47-20-18-29(43)39-28-13-9-10-19-36-28/h7-17,19,21H,18,20H2,1-6H3,(H,36,39,43)(H,40,41,42). The predicted molar refractivity (Wildman–Crippen MR) is 185 cm³/mol. The molecule has 2 aromatic carbocycles. The van der Waals surface area contributed by atoms with Crippen LogP contribution in [0.1, 0.15) is 44.1 Å². The van der Waals surface area contributed by atoms with Crippen LogP contribution in [-0.2, 0) is 20.2 Å². The molecule has 1 amide bonds. The van der Waals surface area contributed by atoms with Gasteiger partial charge in [0, 0.05) is 17.6 Å². The third-order valence-corrected chi connectivity index (χ3v) is 8.41. The van der Waals surface area contributed by atoms with Crippen molar-refractivity contribution in [2.75, 3.05) is 23.8 Å². The Kier molecular flexibility index (Phi) is 10.4. The minimum absolute atomic E-state index is 0.000199. The molecular formula is C35H37N7O6S. The zero-order chi connectivity index (χ0) is 35.2. The second-order valence-electron chi connectivity index (χ2n) is 12.0. The predicted octanol–water partition coefficient (Wildman–Crippen LogP) is 6.25. The number of pyridine rings is 1. The van der Waals surface area contributed by atoms with Gasteiger partial charge in [-0.05, 0) is 67.3 Å². The lowest BCUT2D eigenvalue weighted by Gasteiger charge is -2.20. The van der Waals surface area contributed by atoms with Gasteiger partial charge in [-0.1, -0.05) is 51.1 Å². The Balaban J connectivity index is 1.59. The summed E-state index contributed by atoms with van der Waals surface area (Å²) >= 11 is 0. The van der Waals surface area contributed by atoms with E-state index in [0.29, 0.717) is 23.0 Å². The van der Waals surface area contributed by atoms with Gasteiger partial charge in [-0.3, -0.25) is 9.52 Å². The van der Waals surface area contributed by atoms with E-state index in [0.717, 1.165) is 5.56 Å². The van der Waals surface area contributed by atoms with E-state index in [1.165, 1.54) is 19.2 Å². The van der Waals surface area contributed by atoms with Crippen LogP contribution < -0.4 is 24.2 Å². The summed E-state index contributed by atoms with van der Waals surface area (Å²) in [4.78, 5) is 34.8. The molecule has 13 nitrogen and oxygen atoms in total. The number of nitrogens with zero attached hydrogens (tertiary/aromatic N) is 5. The van der Waals surface area contributed by atoms with E-state index in [1.54, 1.807) is 80.7 Å². The van der Waals surface area contributed by atoms with Gasteiger partial charge >= 0.3 is 0 Å². The molecular weight excluding hydrogens is 646 g/mol. The summed E-state index contributed by atoms with van der Waals surface area (Å²) in [6.45, 7) is 9.54. The number of hydrogen-bond donors (Lipinski definition) is 2. The largest absolute Gasteiger partial charge is 0.493 e. The van der Waals surface area contributed by atoms with Gasteiger partial charge in [0.25, 0.3) is 15.9 Å². The number of rotatable bonds is 12. The first-order valence-electron chi connectivity index (χ1n) is 15.3. The highest BCUT2D eigenvalue weighted by molar-refractivity contribution is 7.92. The Hall–Kier alpha value is -5.63. The smallest absolute Gasteiger partial charge is 0.263 e. The van der Waals surface area contributed by atoms with Crippen molar-refractivity contribution in [1.82, 2.24) is 24.9 Å². The second kappa shape index (κ2) is 14.6. The number of aryl methyl sites for hydroxylation is 2. The van der Waals surface area contributed by atoms with Crippen molar-refractivity contribution in [3.63, 3.8) is 0 Å². The molecule has 49 heavy (non-hydrogen) atoms. The second-order valence-corrected chi connectivity index (χ2v) is 13.7. The molecule has 0 bridgehead atoms. The fourth-order valence-corrected chi connectivity index (χ4v) is 5.64. The molecule has 5 rings (SSSR count). The average molecular weight is 684 g/mol. The van der Waals surface area contributed by atoms with Crippen LogP contribution >= 0.6 is 0 Å². The molecule has 0 fully saturated rings. The highest BCUT2D eigenvalue weighted by Gasteiger charge is 2.27. The number of aromatic nitrogens is 5. The topological polar surface area (TPSA) is 167 Å². The van der Waals surface area contributed by atoms with E-state index < -0.39 is 10.0 Å². The number of sulfonamides is 1. The maximum atomic E-state index is 13.9. The minimum Gasteiger partial charge on any atom is -0.493 e. The number of amides is 1. The van der Waals surface area contributed by atoms with Crippen molar-refractivity contribution in [3.05, 3.63) is 95.9 Å². The normalized spacial score (nSPS) is 11.5. The van der Waals surface area contributed by atoms with Gasteiger partial charge in [0.2, 0.25) is 17.5 Å². The maximum absolute atomic E-state index is 13.9. The van der Waals surface area contributed by atoms with Crippen LogP contribution in [-0.4, -0.2) is 53.0 Å². The summed E-state index contributed by atoms with van der Waals surface area (Å²) < 4.78 is 48.0. The van der Waals surface area contributed by atoms with Crippen molar-refractivity contribution < 1.29 is 27.4 Å². The third kappa shape index (κ3) is 8.84. The Bertz CT molecular complexity index is 2030. The number of anilines is 2. The number of nitrogens with one attached hydrogen (secondary N) is 2. The lowest BCUT2D eigenvalue weighted by molar-refractivity contribution is -0.116. The molecule has 5 aromatic rings. The molecule has 3 aromatic heterocycles. The van der Waals surface area contributed by atoms with Crippen LogP contribution in [0.25, 0.3) is 11.6 Å².